The van der Waals surface area contributed by atoms with Gasteiger partial charge in [-0.15, -0.1) is 0 Å². The van der Waals surface area contributed by atoms with E-state index < -0.39 is 15.6 Å². The van der Waals surface area contributed by atoms with Crippen molar-refractivity contribution in [2.75, 3.05) is 26.7 Å². The molecule has 1 heterocycles. The third kappa shape index (κ3) is 5.69. The summed E-state index contributed by atoms with van der Waals surface area (Å²) in [4.78, 5) is 14.1. The van der Waals surface area contributed by atoms with Crippen LogP contribution in [0.3, 0.4) is 0 Å². The van der Waals surface area contributed by atoms with E-state index in [1.165, 1.54) is 0 Å². The highest BCUT2D eigenvalue weighted by Gasteiger charge is 2.32. The number of aryl methyl sites for hydroxylation is 2. The molecule has 6 nitrogen and oxygen atoms in total. The second-order valence-corrected chi connectivity index (χ2v) is 10.4. The maximum Gasteiger partial charge on any atom is 0.410 e. The highest BCUT2D eigenvalue weighted by Crippen LogP contribution is 2.25. The fourth-order valence-electron chi connectivity index (χ4n) is 3.22. The molecule has 0 bridgehead atoms. The van der Waals surface area contributed by atoms with Gasteiger partial charge >= 0.3 is 6.09 Å². The van der Waals surface area contributed by atoms with E-state index in [0.717, 1.165) is 24.0 Å². The van der Waals surface area contributed by atoms with E-state index in [1.807, 2.05) is 40.7 Å². The summed E-state index contributed by atoms with van der Waals surface area (Å²) in [6.45, 7) is 10.8. The number of ether oxygens (including phenoxy) is 1. The molecule has 1 aliphatic rings. The smallest absolute Gasteiger partial charge is 0.410 e. The Bertz CT molecular complexity index is 784. The van der Waals surface area contributed by atoms with Gasteiger partial charge in [0, 0.05) is 26.7 Å². The molecule has 2 rings (SSSR count). The van der Waals surface area contributed by atoms with Crippen LogP contribution in [0.4, 0.5) is 4.79 Å². The number of sulfonamides is 1. The number of nitrogens with zero attached hydrogens (tertiary/aromatic N) is 2. The number of hydrogen-bond acceptors (Lipinski definition) is 4. The van der Waals surface area contributed by atoms with Gasteiger partial charge in [-0.3, -0.25) is 0 Å². The van der Waals surface area contributed by atoms with Crippen molar-refractivity contribution in [3.05, 3.63) is 29.3 Å². The van der Waals surface area contributed by atoms with E-state index in [0.29, 0.717) is 24.5 Å². The minimum atomic E-state index is -3.52. The number of benzene rings is 1. The van der Waals surface area contributed by atoms with Crippen LogP contribution in [0.5, 0.6) is 0 Å². The summed E-state index contributed by atoms with van der Waals surface area (Å²) in [5.41, 5.74) is 1.50. The number of piperidine rings is 1. The van der Waals surface area contributed by atoms with Crippen LogP contribution in [0.15, 0.2) is 23.1 Å². The molecular weight excluding hydrogens is 364 g/mol. The second kappa shape index (κ2) is 8.19. The molecule has 1 aromatic carbocycles. The number of carbonyl (C=O) groups excluding carboxylic acids is 1. The SMILES string of the molecule is Cc1ccc(S(=O)(=O)N2CCCC(CN(C)C(=O)OC(C)(C)C)C2)cc1C. The largest absolute Gasteiger partial charge is 0.444 e. The number of hydrogen-bond donors (Lipinski definition) is 0. The van der Waals surface area contributed by atoms with Crippen molar-refractivity contribution in [3.8, 4) is 0 Å². The molecule has 1 aliphatic heterocycles. The molecule has 0 aromatic heterocycles. The first kappa shape index (κ1) is 21.7. The van der Waals surface area contributed by atoms with Crippen LogP contribution in [0.25, 0.3) is 0 Å². The van der Waals surface area contributed by atoms with Gasteiger partial charge in [-0.2, -0.15) is 4.31 Å². The summed E-state index contributed by atoms with van der Waals surface area (Å²) in [5, 5.41) is 0. The molecule has 27 heavy (non-hydrogen) atoms. The summed E-state index contributed by atoms with van der Waals surface area (Å²) in [6.07, 6.45) is 1.31. The number of rotatable bonds is 4. The molecule has 0 N–H and O–H groups in total. The van der Waals surface area contributed by atoms with E-state index in [2.05, 4.69) is 0 Å². The molecule has 0 saturated carbocycles. The fourth-order valence-corrected chi connectivity index (χ4v) is 4.86. The third-order valence-electron chi connectivity index (χ3n) is 4.84. The Morgan fingerprint density at radius 3 is 2.52 bits per heavy atom. The van der Waals surface area contributed by atoms with Crippen molar-refractivity contribution in [2.24, 2.45) is 5.92 Å². The maximum atomic E-state index is 13.0. The van der Waals surface area contributed by atoms with Crippen molar-refractivity contribution in [2.45, 2.75) is 58.0 Å². The molecule has 1 amide bonds. The lowest BCUT2D eigenvalue weighted by atomic mass is 9.99. The lowest BCUT2D eigenvalue weighted by Gasteiger charge is -2.34. The van der Waals surface area contributed by atoms with Gasteiger partial charge in [0.05, 0.1) is 4.90 Å². The molecule has 1 unspecified atom stereocenters. The molecule has 7 heteroatoms. The zero-order valence-corrected chi connectivity index (χ0v) is 18.1. The van der Waals surface area contributed by atoms with Gasteiger partial charge in [-0.05, 0) is 76.6 Å². The Labute approximate surface area is 163 Å². The van der Waals surface area contributed by atoms with Crippen molar-refractivity contribution in [1.82, 2.24) is 9.21 Å². The Morgan fingerprint density at radius 2 is 1.93 bits per heavy atom. The fraction of sp³-hybridized carbons (Fsp3) is 0.650. The Hall–Kier alpha value is -1.60. The van der Waals surface area contributed by atoms with E-state index in [1.54, 1.807) is 28.4 Å². The monoisotopic (exact) mass is 396 g/mol. The van der Waals surface area contributed by atoms with Crippen molar-refractivity contribution >= 4 is 16.1 Å². The van der Waals surface area contributed by atoms with E-state index in [9.17, 15) is 13.2 Å². The molecular formula is C20H32N2O4S. The quantitative estimate of drug-likeness (QED) is 0.780. The van der Waals surface area contributed by atoms with Crippen LogP contribution in [0, 0.1) is 19.8 Å². The zero-order valence-electron chi connectivity index (χ0n) is 17.3. The number of amides is 1. The lowest BCUT2D eigenvalue weighted by molar-refractivity contribution is 0.0258. The van der Waals surface area contributed by atoms with Crippen molar-refractivity contribution < 1.29 is 17.9 Å². The average molecular weight is 397 g/mol. The molecule has 1 atom stereocenters. The Balaban J connectivity index is 2.06. The predicted molar refractivity (Wildman–Crippen MR) is 106 cm³/mol. The van der Waals surface area contributed by atoms with Gasteiger partial charge in [0.1, 0.15) is 5.60 Å². The third-order valence-corrected chi connectivity index (χ3v) is 6.70. The molecule has 152 valence electrons. The predicted octanol–water partition coefficient (Wildman–Crippen LogP) is 3.57. The average Bonchev–Trinajstić information content (AvgIpc) is 2.56. The molecule has 1 fully saturated rings. The molecule has 0 aliphatic carbocycles. The normalized spacial score (nSPS) is 19.0. The van der Waals surface area contributed by atoms with Gasteiger partial charge in [-0.1, -0.05) is 6.07 Å². The van der Waals surface area contributed by atoms with Crippen LogP contribution in [-0.2, 0) is 14.8 Å². The summed E-state index contributed by atoms with van der Waals surface area (Å²) in [5.74, 6) is 0.0950. The first-order chi connectivity index (χ1) is 12.4. The molecule has 1 aromatic rings. The first-order valence-corrected chi connectivity index (χ1v) is 10.9. The number of carbonyl (C=O) groups is 1. The van der Waals surface area contributed by atoms with Gasteiger partial charge < -0.3 is 9.64 Å². The molecule has 0 radical (unpaired) electrons. The van der Waals surface area contributed by atoms with Crippen molar-refractivity contribution in [1.29, 1.82) is 0 Å². The second-order valence-electron chi connectivity index (χ2n) is 8.48. The minimum absolute atomic E-state index is 0.0950. The highest BCUT2D eigenvalue weighted by molar-refractivity contribution is 7.89. The molecule has 0 spiro atoms. The molecule has 1 saturated heterocycles. The standard InChI is InChI=1S/C20H32N2O4S/c1-15-9-10-18(12-16(15)2)27(24,25)22-11-7-8-17(14-22)13-21(6)19(23)26-20(3,4)5/h9-10,12,17H,7-8,11,13-14H2,1-6H3. The summed E-state index contributed by atoms with van der Waals surface area (Å²) >= 11 is 0. The van der Waals surface area contributed by atoms with Crippen LogP contribution < -0.4 is 0 Å². The van der Waals surface area contributed by atoms with Crippen LogP contribution in [-0.4, -0.2) is 56.0 Å². The zero-order chi connectivity index (χ0) is 20.4. The topological polar surface area (TPSA) is 66.9 Å². The maximum absolute atomic E-state index is 13.0. The Morgan fingerprint density at radius 1 is 1.26 bits per heavy atom. The van der Waals surface area contributed by atoms with Crippen LogP contribution in [0.2, 0.25) is 0 Å². The van der Waals surface area contributed by atoms with E-state index in [-0.39, 0.29) is 12.0 Å². The summed E-state index contributed by atoms with van der Waals surface area (Å²) in [7, 11) is -1.82. The summed E-state index contributed by atoms with van der Waals surface area (Å²) in [6, 6.07) is 5.26. The van der Waals surface area contributed by atoms with Gasteiger partial charge in [-0.25, -0.2) is 13.2 Å². The van der Waals surface area contributed by atoms with Gasteiger partial charge in [0.2, 0.25) is 10.0 Å². The van der Waals surface area contributed by atoms with Crippen LogP contribution in [0.1, 0.15) is 44.7 Å². The van der Waals surface area contributed by atoms with Gasteiger partial charge in [0.25, 0.3) is 0 Å². The van der Waals surface area contributed by atoms with E-state index in [4.69, 9.17) is 4.74 Å². The van der Waals surface area contributed by atoms with Crippen molar-refractivity contribution in [3.63, 3.8) is 0 Å². The van der Waals surface area contributed by atoms with Crippen LogP contribution >= 0.6 is 0 Å². The first-order valence-electron chi connectivity index (χ1n) is 9.41. The highest BCUT2D eigenvalue weighted by atomic mass is 32.2. The minimum Gasteiger partial charge on any atom is -0.444 e. The van der Waals surface area contributed by atoms with Gasteiger partial charge in [0.15, 0.2) is 0 Å². The summed E-state index contributed by atoms with van der Waals surface area (Å²) < 4.78 is 33.0. The lowest BCUT2D eigenvalue weighted by Crippen LogP contribution is -2.44. The van der Waals surface area contributed by atoms with E-state index >= 15 is 0 Å². The Kier molecular flexibility index (Phi) is 6.58.